The van der Waals surface area contributed by atoms with Crippen LogP contribution >= 0.6 is 11.7 Å². The number of nitrogens with zero attached hydrogens (tertiary/aromatic N) is 3. The van der Waals surface area contributed by atoms with Gasteiger partial charge in [-0.15, -0.1) is 0 Å². The minimum absolute atomic E-state index is 0.0653. The van der Waals surface area contributed by atoms with Crippen molar-refractivity contribution < 1.29 is 22.7 Å². The Morgan fingerprint density at radius 1 is 1.20 bits per heavy atom. The summed E-state index contributed by atoms with van der Waals surface area (Å²) in [5.41, 5.74) is 1.29. The van der Waals surface area contributed by atoms with Gasteiger partial charge in [-0.2, -0.15) is 13.1 Å². The first-order valence-electron chi connectivity index (χ1n) is 9.21. The molecule has 1 amide bonds. The van der Waals surface area contributed by atoms with Gasteiger partial charge < -0.3 is 14.8 Å². The second kappa shape index (κ2) is 8.17. The molecule has 11 heteroatoms. The Morgan fingerprint density at radius 3 is 2.80 bits per heavy atom. The third-order valence-electron chi connectivity index (χ3n) is 5.01. The van der Waals surface area contributed by atoms with Crippen LogP contribution in [0.3, 0.4) is 0 Å². The zero-order valence-corrected chi connectivity index (χ0v) is 18.0. The third kappa shape index (κ3) is 3.59. The number of carbonyl (C=O) groups excluding carboxylic acids is 1. The van der Waals surface area contributed by atoms with E-state index in [1.807, 2.05) is 0 Å². The summed E-state index contributed by atoms with van der Waals surface area (Å²) in [6.45, 7) is 0.258. The fourth-order valence-corrected chi connectivity index (χ4v) is 5.93. The average Bonchev–Trinajstić information content (AvgIpc) is 3.43. The zero-order chi connectivity index (χ0) is 21.3. The van der Waals surface area contributed by atoms with Crippen molar-refractivity contribution in [2.75, 3.05) is 26.1 Å². The highest BCUT2D eigenvalue weighted by atomic mass is 32.2. The maximum atomic E-state index is 13.4. The van der Waals surface area contributed by atoms with E-state index in [-0.39, 0.29) is 11.4 Å². The van der Waals surface area contributed by atoms with E-state index in [0.29, 0.717) is 41.1 Å². The van der Waals surface area contributed by atoms with Crippen LogP contribution < -0.4 is 14.8 Å². The summed E-state index contributed by atoms with van der Waals surface area (Å²) in [6, 6.07) is 9.01. The van der Waals surface area contributed by atoms with Crippen LogP contribution in [0.4, 0.5) is 5.69 Å². The summed E-state index contributed by atoms with van der Waals surface area (Å²) in [5, 5.41) is 2.79. The molecule has 30 heavy (non-hydrogen) atoms. The number of methoxy groups -OCH3 is 2. The Balaban J connectivity index is 1.62. The number of hydrogen-bond acceptors (Lipinski definition) is 8. The number of carbonyl (C=O) groups is 1. The molecule has 1 aliphatic heterocycles. The topological polar surface area (TPSA) is 111 Å². The predicted molar refractivity (Wildman–Crippen MR) is 113 cm³/mol. The van der Waals surface area contributed by atoms with Gasteiger partial charge in [0.05, 0.1) is 31.6 Å². The van der Waals surface area contributed by atoms with Gasteiger partial charge in [0, 0.05) is 12.6 Å². The molecule has 1 atom stereocenters. The number of anilines is 1. The average molecular weight is 449 g/mol. The van der Waals surface area contributed by atoms with E-state index in [1.165, 1.54) is 24.6 Å². The fraction of sp³-hybridized carbons (Fsp3) is 0.316. The lowest BCUT2D eigenvalue weighted by Crippen LogP contribution is -2.43. The summed E-state index contributed by atoms with van der Waals surface area (Å²) in [7, 11) is -0.903. The molecule has 1 aromatic heterocycles. The molecule has 1 saturated heterocycles. The first kappa shape index (κ1) is 20.5. The lowest BCUT2D eigenvalue weighted by molar-refractivity contribution is -0.119. The van der Waals surface area contributed by atoms with Gasteiger partial charge in [0.2, 0.25) is 15.9 Å². The molecule has 4 rings (SSSR count). The minimum atomic E-state index is -3.92. The van der Waals surface area contributed by atoms with Crippen LogP contribution in [0.25, 0.3) is 11.0 Å². The molecule has 158 valence electrons. The van der Waals surface area contributed by atoms with Crippen LogP contribution in [-0.2, 0) is 14.8 Å². The van der Waals surface area contributed by atoms with Crippen molar-refractivity contribution >= 4 is 44.4 Å². The van der Waals surface area contributed by atoms with Gasteiger partial charge in [0.25, 0.3) is 0 Å². The van der Waals surface area contributed by atoms with E-state index in [1.54, 1.807) is 30.3 Å². The third-order valence-corrected chi connectivity index (χ3v) is 7.49. The van der Waals surface area contributed by atoms with E-state index in [9.17, 15) is 13.2 Å². The molecule has 0 saturated carbocycles. The molecular weight excluding hydrogens is 428 g/mol. The Bertz CT molecular complexity index is 1190. The van der Waals surface area contributed by atoms with E-state index < -0.39 is 22.0 Å². The highest BCUT2D eigenvalue weighted by molar-refractivity contribution is 7.89. The van der Waals surface area contributed by atoms with Gasteiger partial charge in [0.15, 0.2) is 0 Å². The van der Waals surface area contributed by atoms with E-state index >= 15 is 0 Å². The maximum Gasteiger partial charge on any atom is 0.246 e. The van der Waals surface area contributed by atoms with E-state index in [2.05, 4.69) is 14.1 Å². The molecule has 0 bridgehead atoms. The molecule has 0 spiro atoms. The summed E-state index contributed by atoms with van der Waals surface area (Å²) >= 11 is 0.955. The predicted octanol–water partition coefficient (Wildman–Crippen LogP) is 2.50. The number of rotatable bonds is 6. The lowest BCUT2D eigenvalue weighted by atomic mass is 10.2. The van der Waals surface area contributed by atoms with Crippen LogP contribution in [0.1, 0.15) is 12.8 Å². The van der Waals surface area contributed by atoms with Crippen LogP contribution in [0, 0.1) is 0 Å². The maximum absolute atomic E-state index is 13.4. The first-order chi connectivity index (χ1) is 14.5. The van der Waals surface area contributed by atoms with Crippen molar-refractivity contribution in [1.29, 1.82) is 0 Å². The number of hydrogen-bond donors (Lipinski definition) is 1. The number of amides is 1. The number of fused-ring (bicyclic) bond motifs is 1. The fourth-order valence-electron chi connectivity index (χ4n) is 3.52. The highest BCUT2D eigenvalue weighted by Crippen LogP contribution is 2.32. The van der Waals surface area contributed by atoms with Crippen molar-refractivity contribution in [3.63, 3.8) is 0 Å². The zero-order valence-electron chi connectivity index (χ0n) is 16.4. The van der Waals surface area contributed by atoms with Crippen molar-refractivity contribution in [3.8, 4) is 11.5 Å². The van der Waals surface area contributed by atoms with Gasteiger partial charge in [-0.1, -0.05) is 6.07 Å². The first-order valence-corrected chi connectivity index (χ1v) is 11.4. The summed E-state index contributed by atoms with van der Waals surface area (Å²) in [5.74, 6) is 0.594. The summed E-state index contributed by atoms with van der Waals surface area (Å²) in [6.07, 6.45) is 1.01. The molecule has 9 nitrogen and oxygen atoms in total. The summed E-state index contributed by atoms with van der Waals surface area (Å²) in [4.78, 5) is 13.1. The van der Waals surface area contributed by atoms with Crippen molar-refractivity contribution in [2.24, 2.45) is 0 Å². The molecule has 2 heterocycles. The number of nitrogens with one attached hydrogen (secondary N) is 1. The number of benzene rings is 2. The van der Waals surface area contributed by atoms with Crippen LogP contribution in [-0.4, -0.2) is 54.2 Å². The summed E-state index contributed by atoms with van der Waals surface area (Å²) < 4.78 is 46.7. The smallest absolute Gasteiger partial charge is 0.246 e. The number of aromatic nitrogens is 2. The lowest BCUT2D eigenvalue weighted by Gasteiger charge is -2.24. The Kier molecular flexibility index (Phi) is 5.58. The standard InChI is InChI=1S/C19H20N4O5S2/c1-27-12-8-9-13(16(11-12)28-2)20-19(24)15-6-4-10-23(15)30(25,26)17-7-3-5-14-18(17)22-29-21-14/h3,5,7-9,11,15H,4,6,10H2,1-2H3,(H,20,24)/t15-/m1/s1. The molecule has 0 aliphatic carbocycles. The second-order valence-corrected chi connectivity index (χ2v) is 9.10. The molecule has 0 unspecified atom stereocenters. The van der Waals surface area contributed by atoms with Gasteiger partial charge >= 0.3 is 0 Å². The molecule has 1 fully saturated rings. The van der Waals surface area contributed by atoms with Crippen LogP contribution in [0.2, 0.25) is 0 Å². The van der Waals surface area contributed by atoms with Gasteiger partial charge in [0.1, 0.15) is 33.5 Å². The van der Waals surface area contributed by atoms with Crippen LogP contribution in [0.15, 0.2) is 41.3 Å². The Hall–Kier alpha value is -2.76. The minimum Gasteiger partial charge on any atom is -0.497 e. The quantitative estimate of drug-likeness (QED) is 0.617. The second-order valence-electron chi connectivity index (χ2n) is 6.72. The van der Waals surface area contributed by atoms with Gasteiger partial charge in [-0.3, -0.25) is 4.79 Å². The Morgan fingerprint density at radius 2 is 2.03 bits per heavy atom. The largest absolute Gasteiger partial charge is 0.497 e. The van der Waals surface area contributed by atoms with E-state index in [4.69, 9.17) is 9.47 Å². The normalized spacial score (nSPS) is 17.2. The molecule has 3 aromatic rings. The van der Waals surface area contributed by atoms with Gasteiger partial charge in [-0.05, 0) is 37.1 Å². The Labute approximate surface area is 178 Å². The monoisotopic (exact) mass is 448 g/mol. The number of sulfonamides is 1. The molecule has 2 aromatic carbocycles. The van der Waals surface area contributed by atoms with Gasteiger partial charge in [-0.25, -0.2) is 8.42 Å². The molecule has 1 N–H and O–H groups in total. The molecule has 0 radical (unpaired) electrons. The molecular formula is C19H20N4O5S2. The van der Waals surface area contributed by atoms with Crippen LogP contribution in [0.5, 0.6) is 11.5 Å². The number of ether oxygens (including phenoxy) is 2. The SMILES string of the molecule is COc1ccc(NC(=O)[C@H]2CCCN2S(=O)(=O)c2cccc3nsnc23)c(OC)c1. The van der Waals surface area contributed by atoms with Crippen molar-refractivity contribution in [3.05, 3.63) is 36.4 Å². The van der Waals surface area contributed by atoms with Crippen molar-refractivity contribution in [1.82, 2.24) is 13.1 Å². The van der Waals surface area contributed by atoms with Crippen molar-refractivity contribution in [2.45, 2.75) is 23.8 Å². The van der Waals surface area contributed by atoms with E-state index in [0.717, 1.165) is 11.7 Å². The highest BCUT2D eigenvalue weighted by Gasteiger charge is 2.40. The molecule has 1 aliphatic rings.